The SMILES string of the molecule is CCCN(CC1CC1)C(=O)N1CCCCCC1C(=O)O. The maximum Gasteiger partial charge on any atom is 0.326 e. The number of carboxylic acid groups (broad SMARTS) is 1. The van der Waals surface area contributed by atoms with E-state index in [1.165, 1.54) is 12.8 Å². The molecule has 1 saturated carbocycles. The van der Waals surface area contributed by atoms with Crippen LogP contribution in [0.25, 0.3) is 0 Å². The number of carboxylic acids is 1. The van der Waals surface area contributed by atoms with Gasteiger partial charge in [-0.25, -0.2) is 9.59 Å². The molecule has 20 heavy (non-hydrogen) atoms. The van der Waals surface area contributed by atoms with Crippen molar-refractivity contribution in [1.82, 2.24) is 9.80 Å². The molecule has 0 radical (unpaired) electrons. The Balaban J connectivity index is 2.06. The topological polar surface area (TPSA) is 60.9 Å². The van der Waals surface area contributed by atoms with E-state index in [0.29, 0.717) is 18.9 Å². The molecule has 2 rings (SSSR count). The monoisotopic (exact) mass is 282 g/mol. The van der Waals surface area contributed by atoms with E-state index in [2.05, 4.69) is 6.92 Å². The summed E-state index contributed by atoms with van der Waals surface area (Å²) < 4.78 is 0. The average Bonchev–Trinajstić information content (AvgIpc) is 3.23. The van der Waals surface area contributed by atoms with Crippen molar-refractivity contribution < 1.29 is 14.7 Å². The molecule has 1 atom stereocenters. The van der Waals surface area contributed by atoms with Crippen molar-refractivity contribution in [3.8, 4) is 0 Å². The molecular weight excluding hydrogens is 256 g/mol. The number of aliphatic carboxylic acids is 1. The molecule has 0 spiro atoms. The van der Waals surface area contributed by atoms with Crippen LogP contribution in [0, 0.1) is 5.92 Å². The van der Waals surface area contributed by atoms with Gasteiger partial charge in [-0.15, -0.1) is 0 Å². The summed E-state index contributed by atoms with van der Waals surface area (Å²) >= 11 is 0. The standard InChI is InChI=1S/C15H26N2O3/c1-2-9-16(11-12-7-8-12)15(20)17-10-5-3-4-6-13(17)14(18)19/h12-13H,2-11H2,1H3,(H,18,19). The molecule has 2 aliphatic rings. The van der Waals surface area contributed by atoms with Crippen LogP contribution in [0.1, 0.15) is 51.9 Å². The summed E-state index contributed by atoms with van der Waals surface area (Å²) in [5.74, 6) is -0.219. The minimum atomic E-state index is -0.858. The Kier molecular flexibility index (Phi) is 5.26. The van der Waals surface area contributed by atoms with Gasteiger partial charge in [0.2, 0.25) is 0 Å². The summed E-state index contributed by atoms with van der Waals surface area (Å²) in [5, 5.41) is 9.38. The van der Waals surface area contributed by atoms with Gasteiger partial charge in [0, 0.05) is 19.6 Å². The predicted molar refractivity (Wildman–Crippen MR) is 76.6 cm³/mol. The number of carbonyl (C=O) groups excluding carboxylic acids is 1. The first-order chi connectivity index (χ1) is 9.63. The van der Waals surface area contributed by atoms with Crippen LogP contribution in [-0.2, 0) is 4.79 Å². The first-order valence-corrected chi connectivity index (χ1v) is 7.91. The molecule has 0 bridgehead atoms. The summed E-state index contributed by atoms with van der Waals surface area (Å²) in [6, 6.07) is -0.698. The van der Waals surface area contributed by atoms with Crippen molar-refractivity contribution in [2.75, 3.05) is 19.6 Å². The van der Waals surface area contributed by atoms with E-state index in [1.54, 1.807) is 4.90 Å². The number of amides is 2. The van der Waals surface area contributed by atoms with E-state index in [9.17, 15) is 14.7 Å². The van der Waals surface area contributed by atoms with Gasteiger partial charge >= 0.3 is 12.0 Å². The Morgan fingerprint density at radius 2 is 1.95 bits per heavy atom. The number of hydrogen-bond donors (Lipinski definition) is 1. The van der Waals surface area contributed by atoms with Crippen LogP contribution < -0.4 is 0 Å². The van der Waals surface area contributed by atoms with E-state index in [0.717, 1.165) is 38.8 Å². The summed E-state index contributed by atoms with van der Waals surface area (Å²) in [5.41, 5.74) is 0. The minimum absolute atomic E-state index is 0.0620. The first-order valence-electron chi connectivity index (χ1n) is 7.91. The minimum Gasteiger partial charge on any atom is -0.480 e. The second-order valence-electron chi connectivity index (χ2n) is 6.07. The zero-order valence-electron chi connectivity index (χ0n) is 12.4. The highest BCUT2D eigenvalue weighted by Crippen LogP contribution is 2.30. The predicted octanol–water partition coefficient (Wildman–Crippen LogP) is 2.56. The van der Waals surface area contributed by atoms with E-state index in [1.807, 2.05) is 4.90 Å². The van der Waals surface area contributed by atoms with Gasteiger partial charge in [0.05, 0.1) is 0 Å². The third-order valence-electron chi connectivity index (χ3n) is 4.22. The lowest BCUT2D eigenvalue weighted by Crippen LogP contribution is -2.51. The van der Waals surface area contributed by atoms with Crippen LogP contribution in [0.3, 0.4) is 0 Å². The van der Waals surface area contributed by atoms with Gasteiger partial charge in [0.25, 0.3) is 0 Å². The van der Waals surface area contributed by atoms with Gasteiger partial charge in [0.1, 0.15) is 6.04 Å². The number of urea groups is 1. The summed E-state index contributed by atoms with van der Waals surface area (Å²) in [6.45, 7) is 4.18. The smallest absolute Gasteiger partial charge is 0.326 e. The molecule has 2 amide bonds. The molecule has 0 aromatic carbocycles. The normalized spacial score (nSPS) is 23.2. The molecule has 0 aromatic heterocycles. The van der Waals surface area contributed by atoms with Crippen molar-refractivity contribution in [2.24, 2.45) is 5.92 Å². The molecule has 1 heterocycles. The van der Waals surface area contributed by atoms with E-state index in [-0.39, 0.29) is 6.03 Å². The van der Waals surface area contributed by atoms with Crippen LogP contribution in [-0.4, -0.2) is 52.6 Å². The van der Waals surface area contributed by atoms with Gasteiger partial charge in [-0.1, -0.05) is 19.8 Å². The fourth-order valence-corrected chi connectivity index (χ4v) is 2.92. The number of nitrogens with zero attached hydrogens (tertiary/aromatic N) is 2. The molecule has 114 valence electrons. The molecule has 1 aliphatic heterocycles. The maximum atomic E-state index is 12.7. The molecule has 5 nitrogen and oxygen atoms in total. The van der Waals surface area contributed by atoms with Gasteiger partial charge in [-0.2, -0.15) is 0 Å². The Labute approximate surface area is 120 Å². The number of likely N-dealkylation sites (tertiary alicyclic amines) is 1. The summed E-state index contributed by atoms with van der Waals surface area (Å²) in [6.07, 6.45) is 6.75. The highest BCUT2D eigenvalue weighted by atomic mass is 16.4. The zero-order valence-corrected chi connectivity index (χ0v) is 12.4. The molecule has 5 heteroatoms. The number of carbonyl (C=O) groups is 2. The van der Waals surface area contributed by atoms with Crippen LogP contribution in [0.2, 0.25) is 0 Å². The van der Waals surface area contributed by atoms with E-state index < -0.39 is 12.0 Å². The number of hydrogen-bond acceptors (Lipinski definition) is 2. The molecule has 2 fully saturated rings. The molecule has 1 saturated heterocycles. The second kappa shape index (κ2) is 6.95. The van der Waals surface area contributed by atoms with Crippen LogP contribution >= 0.6 is 0 Å². The summed E-state index contributed by atoms with van der Waals surface area (Å²) in [7, 11) is 0. The summed E-state index contributed by atoms with van der Waals surface area (Å²) in [4.78, 5) is 27.6. The quantitative estimate of drug-likeness (QED) is 0.843. The molecule has 0 aromatic rings. The van der Waals surface area contributed by atoms with Crippen molar-refractivity contribution in [1.29, 1.82) is 0 Å². The van der Waals surface area contributed by atoms with Crippen LogP contribution in [0.15, 0.2) is 0 Å². The Hall–Kier alpha value is -1.26. The first kappa shape index (κ1) is 15.1. The highest BCUT2D eigenvalue weighted by molar-refractivity contribution is 5.82. The van der Waals surface area contributed by atoms with Crippen molar-refractivity contribution in [2.45, 2.75) is 57.9 Å². The lowest BCUT2D eigenvalue weighted by Gasteiger charge is -2.33. The largest absolute Gasteiger partial charge is 0.480 e. The average molecular weight is 282 g/mol. The van der Waals surface area contributed by atoms with Crippen molar-refractivity contribution >= 4 is 12.0 Å². The second-order valence-corrected chi connectivity index (χ2v) is 6.07. The van der Waals surface area contributed by atoms with Gasteiger partial charge < -0.3 is 14.9 Å². The Bertz CT molecular complexity index is 355. The van der Waals surface area contributed by atoms with Crippen LogP contribution in [0.4, 0.5) is 4.79 Å². The van der Waals surface area contributed by atoms with Gasteiger partial charge in [-0.3, -0.25) is 0 Å². The molecule has 1 N–H and O–H groups in total. The van der Waals surface area contributed by atoms with Gasteiger partial charge in [-0.05, 0) is 38.0 Å². The van der Waals surface area contributed by atoms with Crippen molar-refractivity contribution in [3.63, 3.8) is 0 Å². The third-order valence-corrected chi connectivity index (χ3v) is 4.22. The van der Waals surface area contributed by atoms with E-state index in [4.69, 9.17) is 0 Å². The zero-order chi connectivity index (χ0) is 14.5. The van der Waals surface area contributed by atoms with Crippen molar-refractivity contribution in [3.05, 3.63) is 0 Å². The highest BCUT2D eigenvalue weighted by Gasteiger charge is 2.35. The molecular formula is C15H26N2O3. The fraction of sp³-hybridized carbons (Fsp3) is 0.867. The Morgan fingerprint density at radius 1 is 1.20 bits per heavy atom. The third kappa shape index (κ3) is 3.87. The van der Waals surface area contributed by atoms with Gasteiger partial charge in [0.15, 0.2) is 0 Å². The lowest BCUT2D eigenvalue weighted by molar-refractivity contribution is -0.142. The van der Waals surface area contributed by atoms with E-state index >= 15 is 0 Å². The number of rotatable bonds is 5. The van der Waals surface area contributed by atoms with Crippen LogP contribution in [0.5, 0.6) is 0 Å². The molecule has 1 aliphatic carbocycles. The maximum absolute atomic E-state index is 12.7. The fourth-order valence-electron chi connectivity index (χ4n) is 2.92. The molecule has 1 unspecified atom stereocenters. The Morgan fingerprint density at radius 3 is 2.55 bits per heavy atom. The lowest BCUT2D eigenvalue weighted by atomic mass is 10.1.